The summed E-state index contributed by atoms with van der Waals surface area (Å²) in [5.41, 5.74) is 0.947. The third kappa shape index (κ3) is 5.56. The van der Waals surface area contributed by atoms with Crippen LogP contribution < -0.4 is 16.2 Å². The van der Waals surface area contributed by atoms with Gasteiger partial charge in [-0.1, -0.05) is 6.92 Å². The van der Waals surface area contributed by atoms with Gasteiger partial charge in [-0.2, -0.15) is 0 Å². The normalized spacial score (nSPS) is 17.3. The minimum absolute atomic E-state index is 0.0850. The Bertz CT molecular complexity index is 1020. The molecule has 1 aliphatic carbocycles. The number of carbonyl (C=O) groups is 2. The fourth-order valence-electron chi connectivity index (χ4n) is 4.56. The zero-order chi connectivity index (χ0) is 22.5. The number of aromatic nitrogens is 2. The minimum atomic E-state index is -0.366. The highest BCUT2D eigenvalue weighted by Crippen LogP contribution is 2.33. The molecular weight excluding hydrogens is 426 g/mol. The first kappa shape index (κ1) is 22.9. The summed E-state index contributed by atoms with van der Waals surface area (Å²) in [6.07, 6.45) is 8.98. The van der Waals surface area contributed by atoms with E-state index < -0.39 is 0 Å². The maximum Gasteiger partial charge on any atom is 0.262 e. The van der Waals surface area contributed by atoms with E-state index in [0.29, 0.717) is 11.9 Å². The second kappa shape index (κ2) is 10.6. The van der Waals surface area contributed by atoms with Crippen molar-refractivity contribution in [1.29, 1.82) is 0 Å². The molecule has 2 aromatic rings. The lowest BCUT2D eigenvalue weighted by Gasteiger charge is -2.30. The van der Waals surface area contributed by atoms with Gasteiger partial charge in [0.15, 0.2) is 0 Å². The molecule has 0 atom stereocenters. The number of amides is 2. The number of thiophene rings is 1. The van der Waals surface area contributed by atoms with Gasteiger partial charge in [-0.15, -0.1) is 11.3 Å². The van der Waals surface area contributed by atoms with Crippen LogP contribution in [0.25, 0.3) is 10.2 Å². The number of fused-ring (bicyclic) bond motifs is 3. The largest absolute Gasteiger partial charge is 0.355 e. The van der Waals surface area contributed by atoms with Gasteiger partial charge in [0.2, 0.25) is 11.8 Å². The summed E-state index contributed by atoms with van der Waals surface area (Å²) in [6.45, 7) is 5.95. The van der Waals surface area contributed by atoms with Crippen molar-refractivity contribution in [1.82, 2.24) is 25.1 Å². The molecule has 32 heavy (non-hydrogen) atoms. The van der Waals surface area contributed by atoms with Gasteiger partial charge in [-0.05, 0) is 76.1 Å². The molecule has 2 aromatic heterocycles. The molecule has 0 bridgehead atoms. The van der Waals surface area contributed by atoms with Crippen LogP contribution in [0.5, 0.6) is 0 Å². The Hall–Kier alpha value is -2.26. The predicted octanol–water partition coefficient (Wildman–Crippen LogP) is 1.69. The summed E-state index contributed by atoms with van der Waals surface area (Å²) in [5, 5.41) is 6.14. The lowest BCUT2D eigenvalue weighted by Crippen LogP contribution is -2.40. The average molecular weight is 460 g/mol. The molecule has 174 valence electrons. The molecule has 0 saturated carbocycles. The van der Waals surface area contributed by atoms with Crippen LogP contribution >= 0.6 is 11.3 Å². The lowest BCUT2D eigenvalue weighted by atomic mass is 9.97. The van der Waals surface area contributed by atoms with Gasteiger partial charge in [0, 0.05) is 11.4 Å². The summed E-state index contributed by atoms with van der Waals surface area (Å²) in [5.74, 6) is 0.243. The molecule has 0 unspecified atom stereocenters. The van der Waals surface area contributed by atoms with E-state index in [4.69, 9.17) is 0 Å². The van der Waals surface area contributed by atoms with Gasteiger partial charge in [0.05, 0.1) is 18.3 Å². The number of likely N-dealkylation sites (tertiary alicyclic amines) is 1. The second-order valence-corrected chi connectivity index (χ2v) is 10.2. The highest BCUT2D eigenvalue weighted by atomic mass is 32.1. The fraction of sp³-hybridized carbons (Fsp3) is 0.652. The van der Waals surface area contributed by atoms with Crippen LogP contribution in [0.2, 0.25) is 0 Å². The summed E-state index contributed by atoms with van der Waals surface area (Å²) in [4.78, 5) is 46.1. The molecule has 8 nitrogen and oxygen atoms in total. The predicted molar refractivity (Wildman–Crippen MR) is 126 cm³/mol. The van der Waals surface area contributed by atoms with E-state index >= 15 is 0 Å². The number of aryl methyl sites for hydroxylation is 2. The van der Waals surface area contributed by atoms with Crippen molar-refractivity contribution in [3.63, 3.8) is 0 Å². The molecule has 0 aromatic carbocycles. The number of nitrogens with one attached hydrogen (secondary N) is 2. The molecule has 2 aliphatic rings. The van der Waals surface area contributed by atoms with Crippen molar-refractivity contribution in [2.75, 3.05) is 32.7 Å². The van der Waals surface area contributed by atoms with Crippen molar-refractivity contribution >= 4 is 33.4 Å². The van der Waals surface area contributed by atoms with Gasteiger partial charge < -0.3 is 15.5 Å². The third-order valence-electron chi connectivity index (χ3n) is 6.55. The van der Waals surface area contributed by atoms with Gasteiger partial charge in [0.25, 0.3) is 5.56 Å². The van der Waals surface area contributed by atoms with Crippen molar-refractivity contribution in [3.05, 3.63) is 27.1 Å². The van der Waals surface area contributed by atoms with E-state index in [0.717, 1.165) is 68.1 Å². The van der Waals surface area contributed by atoms with Crippen molar-refractivity contribution < 1.29 is 9.59 Å². The van der Waals surface area contributed by atoms with Crippen LogP contribution in [-0.2, 0) is 29.0 Å². The smallest absolute Gasteiger partial charge is 0.262 e. The number of carbonyl (C=O) groups excluding carboxylic acids is 2. The first-order valence-corrected chi connectivity index (χ1v) is 12.6. The average Bonchev–Trinajstić information content (AvgIpc) is 3.18. The summed E-state index contributed by atoms with van der Waals surface area (Å²) in [6, 6.07) is 0. The highest BCUT2D eigenvalue weighted by molar-refractivity contribution is 7.18. The fourth-order valence-corrected chi connectivity index (χ4v) is 5.78. The molecule has 4 rings (SSSR count). The van der Waals surface area contributed by atoms with E-state index in [1.165, 1.54) is 28.6 Å². The van der Waals surface area contributed by atoms with E-state index in [9.17, 15) is 14.4 Å². The quantitative estimate of drug-likeness (QED) is 0.586. The topological polar surface area (TPSA) is 96.3 Å². The van der Waals surface area contributed by atoms with Crippen LogP contribution in [0.15, 0.2) is 11.1 Å². The molecule has 2 amide bonds. The zero-order valence-electron chi connectivity index (χ0n) is 18.8. The molecule has 0 radical (unpaired) electrons. The number of nitrogens with zero attached hydrogens (tertiary/aromatic N) is 3. The maximum absolute atomic E-state index is 12.9. The number of hydrogen-bond donors (Lipinski definition) is 2. The Kier molecular flexibility index (Phi) is 7.57. The first-order chi connectivity index (χ1) is 15.5. The Morgan fingerprint density at radius 1 is 1.16 bits per heavy atom. The SMILES string of the molecule is CC1CCN(CCCNC(=O)CNC(=O)Cn2cnc3sc4c(c3c2=O)CCCC4)CC1. The minimum Gasteiger partial charge on any atom is -0.355 e. The van der Waals surface area contributed by atoms with Gasteiger partial charge in [-0.3, -0.25) is 19.0 Å². The molecule has 1 aliphatic heterocycles. The van der Waals surface area contributed by atoms with Crippen LogP contribution in [0.1, 0.15) is 49.5 Å². The molecular formula is C23H33N5O3S. The Morgan fingerprint density at radius 2 is 1.94 bits per heavy atom. The van der Waals surface area contributed by atoms with Gasteiger partial charge in [0.1, 0.15) is 11.4 Å². The van der Waals surface area contributed by atoms with Crippen LogP contribution in [0.4, 0.5) is 0 Å². The third-order valence-corrected chi connectivity index (χ3v) is 7.75. The lowest BCUT2D eigenvalue weighted by molar-refractivity contribution is -0.126. The van der Waals surface area contributed by atoms with Crippen molar-refractivity contribution in [2.24, 2.45) is 5.92 Å². The zero-order valence-corrected chi connectivity index (χ0v) is 19.6. The molecule has 3 heterocycles. The van der Waals surface area contributed by atoms with Crippen LogP contribution in [-0.4, -0.2) is 59.0 Å². The maximum atomic E-state index is 12.9. The molecule has 2 N–H and O–H groups in total. The summed E-state index contributed by atoms with van der Waals surface area (Å²) < 4.78 is 1.34. The molecule has 9 heteroatoms. The molecule has 1 saturated heterocycles. The van der Waals surface area contributed by atoms with Crippen LogP contribution in [0.3, 0.4) is 0 Å². The Morgan fingerprint density at radius 3 is 2.75 bits per heavy atom. The monoisotopic (exact) mass is 459 g/mol. The van der Waals surface area contributed by atoms with E-state index in [1.807, 2.05) is 0 Å². The van der Waals surface area contributed by atoms with E-state index in [1.54, 1.807) is 11.3 Å². The Labute approximate surface area is 192 Å². The van der Waals surface area contributed by atoms with E-state index in [-0.39, 0.29) is 30.5 Å². The highest BCUT2D eigenvalue weighted by Gasteiger charge is 2.20. The Balaban J connectivity index is 1.21. The number of rotatable bonds is 8. The standard InChI is InChI=1S/C23H33N5O3S/c1-16-7-11-27(12-8-16)10-4-9-24-19(29)13-25-20(30)14-28-15-26-22-21(23(28)31)17-5-2-3-6-18(17)32-22/h15-16H,2-14H2,1H3,(H,24,29)(H,25,30). The van der Waals surface area contributed by atoms with Crippen molar-refractivity contribution in [3.8, 4) is 0 Å². The van der Waals surface area contributed by atoms with Crippen molar-refractivity contribution in [2.45, 2.75) is 58.4 Å². The second-order valence-electron chi connectivity index (χ2n) is 9.07. The van der Waals surface area contributed by atoms with Gasteiger partial charge in [-0.25, -0.2) is 4.98 Å². The molecule has 1 fully saturated rings. The number of piperidine rings is 1. The van der Waals surface area contributed by atoms with Gasteiger partial charge >= 0.3 is 0 Å². The number of hydrogen-bond acceptors (Lipinski definition) is 6. The molecule has 0 spiro atoms. The van der Waals surface area contributed by atoms with Crippen LogP contribution in [0, 0.1) is 5.92 Å². The summed E-state index contributed by atoms with van der Waals surface area (Å²) >= 11 is 1.59. The first-order valence-electron chi connectivity index (χ1n) is 11.8. The van der Waals surface area contributed by atoms with E-state index in [2.05, 4.69) is 27.4 Å². The summed E-state index contributed by atoms with van der Waals surface area (Å²) in [7, 11) is 0.